The molecule has 0 bridgehead atoms. The SMILES string of the molecule is CC(=O)c1[nH]c2c(sc3ccccc32)c1C(C)=O. The number of H-pyrrole nitrogens is 1. The minimum atomic E-state index is -0.104. The molecule has 0 saturated heterocycles. The Morgan fingerprint density at radius 3 is 2.50 bits per heavy atom. The molecule has 0 fully saturated rings. The third-order valence-electron chi connectivity index (χ3n) is 3.03. The quantitative estimate of drug-likeness (QED) is 0.710. The van der Waals surface area contributed by atoms with Crippen LogP contribution in [0.2, 0.25) is 0 Å². The molecule has 3 rings (SSSR count). The summed E-state index contributed by atoms with van der Waals surface area (Å²) >= 11 is 1.55. The second-order valence-electron chi connectivity index (χ2n) is 4.29. The molecule has 3 aromatic rings. The van der Waals surface area contributed by atoms with E-state index in [1.807, 2.05) is 24.3 Å². The minimum Gasteiger partial charge on any atom is -0.350 e. The molecule has 1 aromatic carbocycles. The van der Waals surface area contributed by atoms with Gasteiger partial charge < -0.3 is 4.98 Å². The van der Waals surface area contributed by atoms with Crippen LogP contribution in [0.3, 0.4) is 0 Å². The standard InChI is InChI=1S/C14H11NO2S/c1-7(16)11-12(8(2)17)15-13-9-5-3-4-6-10(9)18-14(11)13/h3-6,15H,1-2H3. The maximum Gasteiger partial charge on any atom is 0.176 e. The normalized spacial score (nSPS) is 11.2. The number of carbonyl (C=O) groups excluding carboxylic acids is 2. The van der Waals surface area contributed by atoms with E-state index in [1.54, 1.807) is 11.3 Å². The van der Waals surface area contributed by atoms with E-state index >= 15 is 0 Å². The molecule has 0 aliphatic carbocycles. The maximum atomic E-state index is 11.8. The van der Waals surface area contributed by atoms with Crippen molar-refractivity contribution in [2.45, 2.75) is 13.8 Å². The lowest BCUT2D eigenvalue weighted by molar-refractivity contribution is 0.0979. The number of ketones is 2. The molecular formula is C14H11NO2S. The smallest absolute Gasteiger partial charge is 0.176 e. The minimum absolute atomic E-state index is 0.0713. The Hall–Kier alpha value is -1.94. The van der Waals surface area contributed by atoms with Crippen LogP contribution >= 0.6 is 11.3 Å². The number of aromatic nitrogens is 1. The second-order valence-corrected chi connectivity index (χ2v) is 5.34. The number of carbonyl (C=O) groups is 2. The predicted octanol–water partition coefficient (Wildman–Crippen LogP) is 3.79. The third-order valence-corrected chi connectivity index (χ3v) is 4.21. The van der Waals surface area contributed by atoms with E-state index in [4.69, 9.17) is 0 Å². The summed E-state index contributed by atoms with van der Waals surface area (Å²) in [4.78, 5) is 26.5. The van der Waals surface area contributed by atoms with Crippen LogP contribution < -0.4 is 0 Å². The Morgan fingerprint density at radius 2 is 1.83 bits per heavy atom. The van der Waals surface area contributed by atoms with Crippen molar-refractivity contribution in [2.75, 3.05) is 0 Å². The number of thiophene rings is 1. The predicted molar refractivity (Wildman–Crippen MR) is 73.7 cm³/mol. The first-order chi connectivity index (χ1) is 8.59. The van der Waals surface area contributed by atoms with E-state index in [2.05, 4.69) is 4.98 Å². The van der Waals surface area contributed by atoms with Gasteiger partial charge in [0.15, 0.2) is 11.6 Å². The Labute approximate surface area is 107 Å². The molecule has 4 heteroatoms. The van der Waals surface area contributed by atoms with E-state index in [9.17, 15) is 9.59 Å². The van der Waals surface area contributed by atoms with Crippen molar-refractivity contribution in [2.24, 2.45) is 0 Å². The van der Waals surface area contributed by atoms with Crippen molar-refractivity contribution in [3.8, 4) is 0 Å². The van der Waals surface area contributed by atoms with Gasteiger partial charge in [-0.2, -0.15) is 0 Å². The largest absolute Gasteiger partial charge is 0.350 e. The number of fused-ring (bicyclic) bond motifs is 3. The summed E-state index contributed by atoms with van der Waals surface area (Å²) in [6, 6.07) is 7.94. The zero-order valence-electron chi connectivity index (χ0n) is 10.0. The van der Waals surface area contributed by atoms with Crippen LogP contribution in [0.1, 0.15) is 34.7 Å². The molecular weight excluding hydrogens is 246 g/mol. The number of hydrogen-bond acceptors (Lipinski definition) is 3. The molecule has 2 aromatic heterocycles. The number of Topliss-reactive ketones (excluding diaryl/α,β-unsaturated/α-hetero) is 2. The van der Waals surface area contributed by atoms with Gasteiger partial charge in [0.1, 0.15) is 0 Å². The van der Waals surface area contributed by atoms with Gasteiger partial charge in [0.05, 0.1) is 21.5 Å². The second kappa shape index (κ2) is 3.78. The number of nitrogens with one attached hydrogen (secondary N) is 1. The molecule has 0 amide bonds. The molecule has 0 spiro atoms. The summed E-state index contributed by atoms with van der Waals surface area (Å²) < 4.78 is 2.00. The van der Waals surface area contributed by atoms with Crippen LogP contribution in [0.4, 0.5) is 0 Å². The highest BCUT2D eigenvalue weighted by molar-refractivity contribution is 7.26. The molecule has 2 heterocycles. The van der Waals surface area contributed by atoms with E-state index in [1.165, 1.54) is 13.8 Å². The number of aromatic amines is 1. The lowest BCUT2D eigenvalue weighted by atomic mass is 10.1. The molecule has 0 unspecified atom stereocenters. The van der Waals surface area contributed by atoms with Gasteiger partial charge in [-0.1, -0.05) is 18.2 Å². The number of hydrogen-bond donors (Lipinski definition) is 1. The van der Waals surface area contributed by atoms with Crippen LogP contribution in [0.25, 0.3) is 20.3 Å². The lowest BCUT2D eigenvalue weighted by Gasteiger charge is -1.95. The van der Waals surface area contributed by atoms with Gasteiger partial charge >= 0.3 is 0 Å². The first kappa shape index (κ1) is 11.2. The molecule has 90 valence electrons. The molecule has 0 radical (unpaired) electrons. The average molecular weight is 257 g/mol. The fourth-order valence-electron chi connectivity index (χ4n) is 2.25. The van der Waals surface area contributed by atoms with Gasteiger partial charge in [0.25, 0.3) is 0 Å². The fourth-order valence-corrected chi connectivity index (χ4v) is 3.50. The molecule has 0 aliphatic rings. The maximum absolute atomic E-state index is 11.8. The van der Waals surface area contributed by atoms with Crippen molar-refractivity contribution < 1.29 is 9.59 Å². The van der Waals surface area contributed by atoms with Crippen LogP contribution in [-0.4, -0.2) is 16.6 Å². The van der Waals surface area contributed by atoms with Crippen molar-refractivity contribution in [1.82, 2.24) is 4.98 Å². The highest BCUT2D eigenvalue weighted by atomic mass is 32.1. The van der Waals surface area contributed by atoms with E-state index in [0.29, 0.717) is 11.3 Å². The lowest BCUT2D eigenvalue weighted by Crippen LogP contribution is -2.01. The first-order valence-corrected chi connectivity index (χ1v) is 6.46. The van der Waals surface area contributed by atoms with E-state index < -0.39 is 0 Å². The van der Waals surface area contributed by atoms with Crippen molar-refractivity contribution >= 4 is 43.2 Å². The molecule has 18 heavy (non-hydrogen) atoms. The topological polar surface area (TPSA) is 49.9 Å². The van der Waals surface area contributed by atoms with Crippen molar-refractivity contribution in [1.29, 1.82) is 0 Å². The van der Waals surface area contributed by atoms with Gasteiger partial charge in [-0.3, -0.25) is 9.59 Å². The van der Waals surface area contributed by atoms with Crippen molar-refractivity contribution in [3.63, 3.8) is 0 Å². The molecule has 3 nitrogen and oxygen atoms in total. The zero-order chi connectivity index (χ0) is 12.9. The van der Waals surface area contributed by atoms with Crippen LogP contribution in [0.15, 0.2) is 24.3 Å². The van der Waals surface area contributed by atoms with Gasteiger partial charge in [-0.25, -0.2) is 0 Å². The molecule has 0 saturated carbocycles. The Bertz CT molecular complexity index is 795. The molecule has 1 N–H and O–H groups in total. The van der Waals surface area contributed by atoms with E-state index in [0.717, 1.165) is 20.3 Å². The van der Waals surface area contributed by atoms with Crippen molar-refractivity contribution in [3.05, 3.63) is 35.5 Å². The summed E-state index contributed by atoms with van der Waals surface area (Å²) in [5, 5.41) is 1.06. The first-order valence-electron chi connectivity index (χ1n) is 5.64. The van der Waals surface area contributed by atoms with Crippen LogP contribution in [-0.2, 0) is 0 Å². The zero-order valence-corrected chi connectivity index (χ0v) is 10.9. The van der Waals surface area contributed by atoms with Gasteiger partial charge in [-0.05, 0) is 13.0 Å². The Balaban J connectivity index is 2.50. The summed E-state index contributed by atoms with van der Waals surface area (Å²) in [5.74, 6) is -0.175. The Kier molecular flexibility index (Phi) is 2.35. The number of rotatable bonds is 2. The number of benzene rings is 1. The molecule has 0 aliphatic heterocycles. The summed E-state index contributed by atoms with van der Waals surface area (Å²) in [5.41, 5.74) is 1.85. The highest BCUT2D eigenvalue weighted by Crippen LogP contribution is 2.37. The average Bonchev–Trinajstić information content (AvgIpc) is 2.83. The summed E-state index contributed by atoms with van der Waals surface area (Å²) in [7, 11) is 0. The van der Waals surface area contributed by atoms with Gasteiger partial charge in [0.2, 0.25) is 0 Å². The molecule has 0 atom stereocenters. The highest BCUT2D eigenvalue weighted by Gasteiger charge is 2.21. The summed E-state index contributed by atoms with van der Waals surface area (Å²) in [6.45, 7) is 2.98. The Morgan fingerprint density at radius 1 is 1.11 bits per heavy atom. The fraction of sp³-hybridized carbons (Fsp3) is 0.143. The third kappa shape index (κ3) is 1.42. The monoisotopic (exact) mass is 257 g/mol. The van der Waals surface area contributed by atoms with Crippen LogP contribution in [0.5, 0.6) is 0 Å². The van der Waals surface area contributed by atoms with Gasteiger partial charge in [0, 0.05) is 17.0 Å². The summed E-state index contributed by atoms with van der Waals surface area (Å²) in [6.07, 6.45) is 0. The van der Waals surface area contributed by atoms with Gasteiger partial charge in [-0.15, -0.1) is 11.3 Å². The van der Waals surface area contributed by atoms with E-state index in [-0.39, 0.29) is 11.6 Å². The van der Waals surface area contributed by atoms with Crippen LogP contribution in [0, 0.1) is 0 Å².